The molecule has 0 aliphatic carbocycles. The van der Waals surface area contributed by atoms with Gasteiger partial charge in [0.1, 0.15) is 0 Å². The highest BCUT2D eigenvalue weighted by Crippen LogP contribution is 2.24. The van der Waals surface area contributed by atoms with Crippen molar-refractivity contribution in [3.63, 3.8) is 0 Å². The number of hydrogen-bond acceptors (Lipinski definition) is 4. The van der Waals surface area contributed by atoms with Gasteiger partial charge in [0.2, 0.25) is 0 Å². The van der Waals surface area contributed by atoms with Gasteiger partial charge < -0.3 is 10.6 Å². The van der Waals surface area contributed by atoms with Crippen molar-refractivity contribution in [1.82, 2.24) is 20.1 Å². The summed E-state index contributed by atoms with van der Waals surface area (Å²) < 4.78 is 1.67. The number of pyridine rings is 1. The largest absolute Gasteiger partial charge is 0.350 e. The Hall–Kier alpha value is -2.93. The zero-order valence-electron chi connectivity index (χ0n) is 15.5. The number of benzene rings is 1. The summed E-state index contributed by atoms with van der Waals surface area (Å²) in [5, 5.41) is 11.0. The lowest BCUT2D eigenvalue weighted by atomic mass is 10.1. The third-order valence-electron chi connectivity index (χ3n) is 4.02. The van der Waals surface area contributed by atoms with Crippen molar-refractivity contribution < 1.29 is 9.59 Å². The van der Waals surface area contributed by atoms with Gasteiger partial charge in [-0.05, 0) is 45.0 Å². The average molecular weight is 386 g/mol. The molecule has 8 heteroatoms. The van der Waals surface area contributed by atoms with Crippen LogP contribution in [0.3, 0.4) is 0 Å². The third kappa shape index (κ3) is 3.93. The molecule has 0 bridgehead atoms. The predicted molar refractivity (Wildman–Crippen MR) is 105 cm³/mol. The fourth-order valence-electron chi connectivity index (χ4n) is 2.73. The second-order valence-corrected chi connectivity index (χ2v) is 6.99. The first-order valence-electron chi connectivity index (χ1n) is 8.47. The number of carbonyl (C=O) groups excluding carboxylic acids is 2. The molecule has 0 atom stereocenters. The molecular weight excluding hydrogens is 366 g/mol. The van der Waals surface area contributed by atoms with E-state index in [-0.39, 0.29) is 17.9 Å². The topological polar surface area (TPSA) is 88.9 Å². The highest BCUT2D eigenvalue weighted by atomic mass is 35.5. The number of aryl methyl sites for hydroxylation is 2. The zero-order chi connectivity index (χ0) is 19.7. The lowest BCUT2D eigenvalue weighted by Gasteiger charge is -2.11. The van der Waals surface area contributed by atoms with Gasteiger partial charge in [0.25, 0.3) is 11.8 Å². The van der Waals surface area contributed by atoms with Gasteiger partial charge in [0.15, 0.2) is 5.65 Å². The van der Waals surface area contributed by atoms with Gasteiger partial charge in [0.05, 0.1) is 22.0 Å². The van der Waals surface area contributed by atoms with E-state index in [0.717, 1.165) is 11.1 Å². The van der Waals surface area contributed by atoms with E-state index in [9.17, 15) is 9.59 Å². The number of nitrogens with one attached hydrogen (secondary N) is 2. The maximum atomic E-state index is 12.6. The van der Waals surface area contributed by atoms with Crippen LogP contribution in [-0.4, -0.2) is 32.6 Å². The minimum atomic E-state index is -0.365. The van der Waals surface area contributed by atoms with Gasteiger partial charge in [0, 0.05) is 30.2 Å². The fourth-order valence-corrected chi connectivity index (χ4v) is 2.90. The van der Waals surface area contributed by atoms with Crippen molar-refractivity contribution >= 4 is 40.1 Å². The Morgan fingerprint density at radius 3 is 2.59 bits per heavy atom. The minimum Gasteiger partial charge on any atom is -0.350 e. The van der Waals surface area contributed by atoms with E-state index < -0.39 is 0 Å². The van der Waals surface area contributed by atoms with Crippen LogP contribution < -0.4 is 10.6 Å². The lowest BCUT2D eigenvalue weighted by molar-refractivity contribution is 0.0942. The van der Waals surface area contributed by atoms with Crippen LogP contribution in [0.4, 0.5) is 5.69 Å². The molecule has 0 spiro atoms. The highest BCUT2D eigenvalue weighted by molar-refractivity contribution is 6.34. The first kappa shape index (κ1) is 18.8. The molecule has 2 heterocycles. The predicted octanol–water partition coefficient (Wildman–Crippen LogP) is 3.32. The van der Waals surface area contributed by atoms with Crippen molar-refractivity contribution in [2.75, 3.05) is 5.32 Å². The van der Waals surface area contributed by atoms with Crippen LogP contribution in [0.5, 0.6) is 0 Å². The Labute approximate surface area is 161 Å². The van der Waals surface area contributed by atoms with Crippen LogP contribution >= 0.6 is 11.6 Å². The lowest BCUT2D eigenvalue weighted by Crippen LogP contribution is -2.30. The smallest absolute Gasteiger partial charge is 0.257 e. The molecule has 0 saturated carbocycles. The monoisotopic (exact) mass is 385 g/mol. The molecule has 27 heavy (non-hydrogen) atoms. The minimum absolute atomic E-state index is 0.00624. The number of halogens is 1. The molecule has 2 amide bonds. The molecule has 2 aromatic heterocycles. The Morgan fingerprint density at radius 1 is 1.15 bits per heavy atom. The van der Waals surface area contributed by atoms with E-state index in [1.165, 1.54) is 6.20 Å². The number of amides is 2. The fraction of sp³-hybridized carbons (Fsp3) is 0.263. The zero-order valence-corrected chi connectivity index (χ0v) is 16.3. The first-order chi connectivity index (χ1) is 12.8. The maximum Gasteiger partial charge on any atom is 0.257 e. The molecule has 0 aliphatic rings. The number of nitrogens with zero attached hydrogens (tertiary/aromatic N) is 3. The van der Waals surface area contributed by atoms with Crippen molar-refractivity contribution in [2.45, 2.75) is 26.8 Å². The number of fused-ring (bicyclic) bond motifs is 1. The van der Waals surface area contributed by atoms with Crippen LogP contribution in [0.2, 0.25) is 5.02 Å². The van der Waals surface area contributed by atoms with Crippen LogP contribution in [-0.2, 0) is 7.05 Å². The molecule has 0 unspecified atom stereocenters. The van der Waals surface area contributed by atoms with E-state index in [0.29, 0.717) is 27.5 Å². The third-order valence-corrected chi connectivity index (χ3v) is 4.35. The summed E-state index contributed by atoms with van der Waals surface area (Å²) in [5.74, 6) is -0.595. The van der Waals surface area contributed by atoms with Crippen LogP contribution in [0.25, 0.3) is 11.0 Å². The number of aromatic nitrogens is 3. The maximum absolute atomic E-state index is 12.6. The Bertz CT molecular complexity index is 1040. The van der Waals surface area contributed by atoms with Crippen LogP contribution in [0.15, 0.2) is 30.5 Å². The van der Waals surface area contributed by atoms with Crippen molar-refractivity contribution in [2.24, 2.45) is 7.05 Å². The second kappa shape index (κ2) is 7.36. The Morgan fingerprint density at radius 2 is 1.89 bits per heavy atom. The molecule has 7 nitrogen and oxygen atoms in total. The number of hydrogen-bond donors (Lipinski definition) is 2. The summed E-state index contributed by atoms with van der Waals surface area (Å²) in [7, 11) is 1.80. The molecule has 3 aromatic rings. The van der Waals surface area contributed by atoms with Gasteiger partial charge >= 0.3 is 0 Å². The average Bonchev–Trinajstić information content (AvgIpc) is 2.90. The van der Waals surface area contributed by atoms with Crippen molar-refractivity contribution in [3.05, 3.63) is 52.3 Å². The Kier molecular flexibility index (Phi) is 5.14. The number of rotatable bonds is 4. The van der Waals surface area contributed by atoms with Gasteiger partial charge in [-0.25, -0.2) is 4.98 Å². The first-order valence-corrected chi connectivity index (χ1v) is 8.85. The summed E-state index contributed by atoms with van der Waals surface area (Å²) in [6.07, 6.45) is 1.49. The van der Waals surface area contributed by atoms with E-state index in [1.807, 2.05) is 20.8 Å². The summed E-state index contributed by atoms with van der Waals surface area (Å²) in [4.78, 5) is 29.1. The molecular formula is C19H20ClN5O2. The summed E-state index contributed by atoms with van der Waals surface area (Å²) in [6, 6.07) is 6.50. The Balaban J connectivity index is 1.87. The molecule has 0 aliphatic heterocycles. The molecule has 0 saturated heterocycles. The normalized spacial score (nSPS) is 11.0. The highest BCUT2D eigenvalue weighted by Gasteiger charge is 2.15. The van der Waals surface area contributed by atoms with E-state index in [2.05, 4.69) is 20.7 Å². The van der Waals surface area contributed by atoms with Gasteiger partial charge in [-0.2, -0.15) is 5.10 Å². The summed E-state index contributed by atoms with van der Waals surface area (Å²) >= 11 is 6.19. The van der Waals surface area contributed by atoms with Gasteiger partial charge in [-0.3, -0.25) is 14.3 Å². The SMILES string of the molecule is Cc1nn(C)c2ncc(C(=O)Nc3cc(C(=O)NC(C)C)ccc3Cl)cc12. The summed E-state index contributed by atoms with van der Waals surface area (Å²) in [5.41, 5.74) is 2.65. The van der Waals surface area contributed by atoms with E-state index in [4.69, 9.17) is 11.6 Å². The van der Waals surface area contributed by atoms with Crippen LogP contribution in [0.1, 0.15) is 40.3 Å². The van der Waals surface area contributed by atoms with Crippen molar-refractivity contribution in [1.29, 1.82) is 0 Å². The molecule has 0 radical (unpaired) electrons. The van der Waals surface area contributed by atoms with Gasteiger partial charge in [-0.15, -0.1) is 0 Å². The number of anilines is 1. The van der Waals surface area contributed by atoms with Gasteiger partial charge in [-0.1, -0.05) is 11.6 Å². The van der Waals surface area contributed by atoms with Crippen molar-refractivity contribution in [3.8, 4) is 0 Å². The van der Waals surface area contributed by atoms with Crippen LogP contribution in [0, 0.1) is 6.92 Å². The molecule has 1 aromatic carbocycles. The summed E-state index contributed by atoms with van der Waals surface area (Å²) in [6.45, 7) is 5.61. The number of carbonyl (C=O) groups is 2. The molecule has 0 fully saturated rings. The molecule has 140 valence electrons. The molecule has 3 rings (SSSR count). The molecule has 2 N–H and O–H groups in total. The second-order valence-electron chi connectivity index (χ2n) is 6.58. The quantitative estimate of drug-likeness (QED) is 0.721. The van der Waals surface area contributed by atoms with E-state index >= 15 is 0 Å². The standard InChI is InChI=1S/C19H20ClN5O2/c1-10(2)22-18(26)12-5-6-15(20)16(8-12)23-19(27)13-7-14-11(3)24-25(4)17(14)21-9-13/h5-10H,1-4H3,(H,22,26)(H,23,27). The van der Waals surface area contributed by atoms with E-state index in [1.54, 1.807) is 36.0 Å².